The molecule has 2 aromatic rings. The monoisotopic (exact) mass is 308 g/mol. The lowest BCUT2D eigenvalue weighted by atomic mass is 10.3. The Labute approximate surface area is 126 Å². The smallest absolute Gasteiger partial charge is 0.227 e. The second-order valence-electron chi connectivity index (χ2n) is 4.34. The third-order valence-corrected chi connectivity index (χ3v) is 2.97. The average Bonchev–Trinajstić information content (AvgIpc) is 2.45. The molecule has 21 heavy (non-hydrogen) atoms. The quantitative estimate of drug-likeness (QED) is 0.831. The van der Waals surface area contributed by atoms with Gasteiger partial charge in [0.25, 0.3) is 0 Å². The largest absolute Gasteiger partial charge is 0.493 e. The van der Waals surface area contributed by atoms with Gasteiger partial charge in [-0.1, -0.05) is 11.6 Å². The lowest BCUT2D eigenvalue weighted by Crippen LogP contribution is -2.15. The molecular weight excluding hydrogens is 295 g/mol. The molecule has 0 saturated carbocycles. The highest BCUT2D eigenvalue weighted by Crippen LogP contribution is 2.19. The molecule has 0 spiro atoms. The van der Waals surface area contributed by atoms with Gasteiger partial charge in [0.1, 0.15) is 11.6 Å². The minimum absolute atomic E-state index is 0.0362. The lowest BCUT2D eigenvalue weighted by Gasteiger charge is -2.08. The zero-order chi connectivity index (χ0) is 15.2. The molecule has 0 aliphatic rings. The van der Waals surface area contributed by atoms with Gasteiger partial charge in [0, 0.05) is 11.4 Å². The fraction of sp³-hybridized carbons (Fsp3) is 0.133. The van der Waals surface area contributed by atoms with Gasteiger partial charge in [0.15, 0.2) is 0 Å². The van der Waals surface area contributed by atoms with Crippen LogP contribution in [0.3, 0.4) is 0 Å². The van der Waals surface area contributed by atoms with E-state index in [2.05, 4.69) is 5.32 Å². The summed E-state index contributed by atoms with van der Waals surface area (Å²) < 4.78 is 18.4. The fourth-order valence-electron chi connectivity index (χ4n) is 1.62. The van der Waals surface area contributed by atoms with E-state index in [-0.39, 0.29) is 24.0 Å². The average molecular weight is 309 g/mol. The van der Waals surface area contributed by atoms with Gasteiger partial charge in [-0.2, -0.15) is 0 Å². The molecular formula is C15H14ClFN2O2. The maximum atomic E-state index is 13.0. The van der Waals surface area contributed by atoms with E-state index in [9.17, 15) is 9.18 Å². The Balaban J connectivity index is 1.79. The van der Waals surface area contributed by atoms with Crippen molar-refractivity contribution in [3.63, 3.8) is 0 Å². The Morgan fingerprint density at radius 3 is 2.62 bits per heavy atom. The van der Waals surface area contributed by atoms with E-state index in [1.807, 2.05) is 0 Å². The minimum Gasteiger partial charge on any atom is -0.493 e. The van der Waals surface area contributed by atoms with Gasteiger partial charge in [-0.3, -0.25) is 4.79 Å². The molecule has 0 radical (unpaired) electrons. The van der Waals surface area contributed by atoms with Gasteiger partial charge in [-0.15, -0.1) is 0 Å². The number of ether oxygens (including phenoxy) is 1. The molecule has 2 rings (SSSR count). The molecule has 0 unspecified atom stereocenters. The number of rotatable bonds is 5. The van der Waals surface area contributed by atoms with Crippen molar-refractivity contribution < 1.29 is 13.9 Å². The molecule has 2 aromatic carbocycles. The maximum Gasteiger partial charge on any atom is 0.227 e. The van der Waals surface area contributed by atoms with Crippen LogP contribution in [-0.2, 0) is 4.79 Å². The van der Waals surface area contributed by atoms with Gasteiger partial charge in [-0.05, 0) is 42.5 Å². The van der Waals surface area contributed by atoms with E-state index in [1.165, 1.54) is 18.2 Å². The number of nitrogens with one attached hydrogen (secondary N) is 1. The second-order valence-corrected chi connectivity index (χ2v) is 4.75. The number of carbonyl (C=O) groups excluding carboxylic acids is 1. The third-order valence-electron chi connectivity index (χ3n) is 2.68. The third kappa shape index (κ3) is 4.65. The number of hydrogen-bond donors (Lipinski definition) is 2. The molecule has 0 atom stereocenters. The van der Waals surface area contributed by atoms with Crippen molar-refractivity contribution in [2.75, 3.05) is 17.7 Å². The lowest BCUT2D eigenvalue weighted by molar-refractivity contribution is -0.116. The van der Waals surface area contributed by atoms with Crippen LogP contribution >= 0.6 is 11.6 Å². The molecule has 0 aliphatic carbocycles. The number of halogens is 2. The Hall–Kier alpha value is -2.27. The number of hydrogen-bond acceptors (Lipinski definition) is 3. The Morgan fingerprint density at radius 2 is 1.95 bits per heavy atom. The standard InChI is InChI=1S/C15H14ClFN2O2/c16-13-9-11(3-6-14(13)17)19-15(20)7-8-21-12-4-1-10(18)2-5-12/h1-6,9H,7-8,18H2,(H,19,20). The number of carbonyl (C=O) groups is 1. The van der Waals surface area contributed by atoms with Crippen molar-refractivity contribution in [3.8, 4) is 5.75 Å². The summed E-state index contributed by atoms with van der Waals surface area (Å²) in [7, 11) is 0. The van der Waals surface area contributed by atoms with Crippen LogP contribution in [0.15, 0.2) is 42.5 Å². The van der Waals surface area contributed by atoms with Crippen molar-refractivity contribution in [3.05, 3.63) is 53.3 Å². The molecule has 0 aliphatic heterocycles. The van der Waals surface area contributed by atoms with E-state index in [1.54, 1.807) is 24.3 Å². The van der Waals surface area contributed by atoms with Gasteiger partial charge in [-0.25, -0.2) is 4.39 Å². The summed E-state index contributed by atoms with van der Waals surface area (Å²) >= 11 is 5.63. The first-order valence-electron chi connectivity index (χ1n) is 6.28. The summed E-state index contributed by atoms with van der Waals surface area (Å²) in [5, 5.41) is 2.58. The highest BCUT2D eigenvalue weighted by molar-refractivity contribution is 6.31. The first-order chi connectivity index (χ1) is 10.0. The normalized spacial score (nSPS) is 10.2. The van der Waals surface area contributed by atoms with Crippen molar-refractivity contribution in [1.29, 1.82) is 0 Å². The molecule has 0 heterocycles. The maximum absolute atomic E-state index is 13.0. The summed E-state index contributed by atoms with van der Waals surface area (Å²) in [5.41, 5.74) is 6.65. The van der Waals surface area contributed by atoms with Crippen LogP contribution in [0.5, 0.6) is 5.75 Å². The topological polar surface area (TPSA) is 64.3 Å². The number of benzene rings is 2. The Bertz CT molecular complexity index is 632. The van der Waals surface area contributed by atoms with Crippen LogP contribution in [0.2, 0.25) is 5.02 Å². The van der Waals surface area contributed by atoms with Crippen LogP contribution in [-0.4, -0.2) is 12.5 Å². The number of anilines is 2. The molecule has 1 amide bonds. The zero-order valence-electron chi connectivity index (χ0n) is 11.1. The second kappa shape index (κ2) is 6.95. The van der Waals surface area contributed by atoms with Crippen LogP contribution in [0.4, 0.5) is 15.8 Å². The highest BCUT2D eigenvalue weighted by Gasteiger charge is 2.05. The van der Waals surface area contributed by atoms with Crippen LogP contribution in [0.25, 0.3) is 0 Å². The van der Waals surface area contributed by atoms with Crippen LogP contribution in [0, 0.1) is 5.82 Å². The molecule has 0 saturated heterocycles. The fourth-order valence-corrected chi connectivity index (χ4v) is 1.80. The van der Waals surface area contributed by atoms with Gasteiger partial charge in [0.05, 0.1) is 18.1 Å². The van der Waals surface area contributed by atoms with E-state index in [0.717, 1.165) is 0 Å². The SMILES string of the molecule is Nc1ccc(OCCC(=O)Nc2ccc(F)c(Cl)c2)cc1. The van der Waals surface area contributed by atoms with Gasteiger partial charge < -0.3 is 15.8 Å². The van der Waals surface area contributed by atoms with Crippen molar-refractivity contribution in [2.24, 2.45) is 0 Å². The Kier molecular flexibility index (Phi) is 5.00. The van der Waals surface area contributed by atoms with Crippen LogP contribution in [0.1, 0.15) is 6.42 Å². The van der Waals surface area contributed by atoms with E-state index in [0.29, 0.717) is 17.1 Å². The van der Waals surface area contributed by atoms with E-state index >= 15 is 0 Å². The predicted molar refractivity (Wildman–Crippen MR) is 81.0 cm³/mol. The molecule has 110 valence electrons. The number of nitrogen functional groups attached to an aromatic ring is 1. The predicted octanol–water partition coefficient (Wildman–Crippen LogP) is 3.47. The van der Waals surface area contributed by atoms with Gasteiger partial charge >= 0.3 is 0 Å². The first-order valence-corrected chi connectivity index (χ1v) is 6.65. The first kappa shape index (κ1) is 15.1. The van der Waals surface area contributed by atoms with Crippen molar-refractivity contribution >= 4 is 28.9 Å². The number of amides is 1. The minimum atomic E-state index is -0.527. The van der Waals surface area contributed by atoms with E-state index in [4.69, 9.17) is 22.1 Å². The Morgan fingerprint density at radius 1 is 1.24 bits per heavy atom. The van der Waals surface area contributed by atoms with E-state index < -0.39 is 5.82 Å². The van der Waals surface area contributed by atoms with Crippen molar-refractivity contribution in [2.45, 2.75) is 6.42 Å². The molecule has 0 bridgehead atoms. The summed E-state index contributed by atoms with van der Waals surface area (Å²) in [6.45, 7) is 0.227. The summed E-state index contributed by atoms with van der Waals surface area (Å²) in [5.74, 6) is -0.128. The summed E-state index contributed by atoms with van der Waals surface area (Å²) in [6.07, 6.45) is 0.166. The number of nitrogens with two attached hydrogens (primary N) is 1. The molecule has 4 nitrogen and oxygen atoms in total. The highest BCUT2D eigenvalue weighted by atomic mass is 35.5. The zero-order valence-corrected chi connectivity index (χ0v) is 11.9. The molecule has 3 N–H and O–H groups in total. The molecule has 0 aromatic heterocycles. The van der Waals surface area contributed by atoms with Gasteiger partial charge in [0.2, 0.25) is 5.91 Å². The summed E-state index contributed by atoms with van der Waals surface area (Å²) in [4.78, 5) is 11.7. The van der Waals surface area contributed by atoms with Crippen molar-refractivity contribution in [1.82, 2.24) is 0 Å². The summed E-state index contributed by atoms with van der Waals surface area (Å²) in [6, 6.07) is 10.9. The van der Waals surface area contributed by atoms with Crippen LogP contribution < -0.4 is 15.8 Å². The molecule has 0 fully saturated rings. The molecule has 6 heteroatoms.